The summed E-state index contributed by atoms with van der Waals surface area (Å²) in [4.78, 5) is 0. The standard InChI is InChI=1S/CN.2BrH.Cu.Ti/c1-2;;;;/h;2*1H;;/q;;;+2;/p-2. The van der Waals surface area contributed by atoms with Gasteiger partial charge in [0, 0.05) is 0 Å². The summed E-state index contributed by atoms with van der Waals surface area (Å²) >= 11 is 8.81. The zero-order valence-electron chi connectivity index (χ0n) is 2.50. The Hall–Kier alpha value is 1.68. The number of nitrogens with zero attached hydrogens (tertiary/aromatic N) is 1. The number of halogens is 2. The Morgan fingerprint density at radius 3 is 1.67 bits per heavy atom. The molecular formula is CBr2CuNTi. The minimum absolute atomic E-state index is 1.43. The molecule has 0 bridgehead atoms. The van der Waals surface area contributed by atoms with E-state index in [1.165, 1.54) is 31.8 Å². The molecule has 1 nitrogen and oxygen atoms in total. The molecule has 0 amide bonds. The van der Waals surface area contributed by atoms with Crippen molar-refractivity contribution < 1.29 is 31.8 Å². The summed E-state index contributed by atoms with van der Waals surface area (Å²) in [5.74, 6) is 0. The van der Waals surface area contributed by atoms with E-state index in [0.717, 1.165) is 0 Å². The second kappa shape index (κ2) is 15.9. The van der Waals surface area contributed by atoms with Crippen molar-refractivity contribution in [3.8, 4) is 4.37 Å². The number of hydrogen-bond acceptors (Lipinski definition) is 1. The quantitative estimate of drug-likeness (QED) is 0.624. The van der Waals surface area contributed by atoms with Crippen molar-refractivity contribution in [2.45, 2.75) is 0 Å². The van der Waals surface area contributed by atoms with Gasteiger partial charge in [0.15, 0.2) is 0 Å². The molecule has 6 heavy (non-hydrogen) atoms. The van der Waals surface area contributed by atoms with Crippen molar-refractivity contribution in [1.29, 1.82) is 5.26 Å². The second-order valence-corrected chi connectivity index (χ2v) is 5.26. The fourth-order valence-corrected chi connectivity index (χ4v) is 0. The van der Waals surface area contributed by atoms with Gasteiger partial charge in [-0.2, -0.15) is 0 Å². The molecule has 0 N–H and O–H groups in total. The molecule has 0 heterocycles. The van der Waals surface area contributed by atoms with Crippen molar-refractivity contribution in [1.82, 2.24) is 0 Å². The van der Waals surface area contributed by atoms with Gasteiger partial charge < -0.3 is 0 Å². The third kappa shape index (κ3) is 44.0. The monoisotopic (exact) mass is 295 g/mol. The van der Waals surface area contributed by atoms with Gasteiger partial charge in [-0.15, -0.1) is 0 Å². The third-order valence-corrected chi connectivity index (χ3v) is 0. The SMILES string of the molecule is N#[C][Ti].[Br][Cu][Br]. The molecule has 0 aliphatic rings. The fraction of sp³-hybridized carbons (Fsp3) is 0. The van der Waals surface area contributed by atoms with E-state index in [1.54, 1.807) is 4.37 Å². The average Bonchev–Trinajstić information content (AvgIpc) is 1.39. The normalized spacial score (nSPS) is 4.67. The summed E-state index contributed by atoms with van der Waals surface area (Å²) in [5, 5.41) is 7.32. The molecule has 0 saturated heterocycles. The summed E-state index contributed by atoms with van der Waals surface area (Å²) in [6, 6.07) is 0. The summed E-state index contributed by atoms with van der Waals surface area (Å²) in [5.41, 5.74) is 0. The van der Waals surface area contributed by atoms with E-state index in [0.29, 0.717) is 0 Å². The Kier molecular flexibility index (Phi) is 28.2. The molecular weight excluding hydrogens is 297 g/mol. The number of rotatable bonds is 0. The van der Waals surface area contributed by atoms with Gasteiger partial charge in [0.2, 0.25) is 0 Å². The van der Waals surface area contributed by atoms with Crippen LogP contribution in [0, 0.1) is 9.64 Å². The zero-order chi connectivity index (χ0) is 5.41. The second-order valence-electron chi connectivity index (χ2n) is 0.155. The summed E-state index contributed by atoms with van der Waals surface area (Å²) in [7, 11) is 0. The molecule has 0 saturated carbocycles. The molecule has 0 aliphatic heterocycles. The van der Waals surface area contributed by atoms with Crippen LogP contribution in [0.5, 0.6) is 0 Å². The Morgan fingerprint density at radius 1 is 1.67 bits per heavy atom. The number of hydrogen-bond donors (Lipinski definition) is 0. The van der Waals surface area contributed by atoms with Crippen LogP contribution < -0.4 is 0 Å². The van der Waals surface area contributed by atoms with Gasteiger partial charge >= 0.3 is 69.6 Å². The molecule has 0 aromatic rings. The Balaban J connectivity index is 0. The van der Waals surface area contributed by atoms with Crippen molar-refractivity contribution >= 4 is 28.2 Å². The van der Waals surface area contributed by atoms with E-state index >= 15 is 0 Å². The molecule has 0 aliphatic carbocycles. The maximum absolute atomic E-state index is 7.32. The summed E-state index contributed by atoms with van der Waals surface area (Å²) in [6.07, 6.45) is 0. The van der Waals surface area contributed by atoms with E-state index in [4.69, 9.17) is 5.26 Å². The topological polar surface area (TPSA) is 23.8 Å². The van der Waals surface area contributed by atoms with Crippen LogP contribution in [0.3, 0.4) is 0 Å². The van der Waals surface area contributed by atoms with Crippen LogP contribution in [-0.4, -0.2) is 0 Å². The Bertz CT molecular complexity index is 43.3. The first-order valence-corrected chi connectivity index (χ1v) is 6.14. The van der Waals surface area contributed by atoms with Crippen LogP contribution in [0.4, 0.5) is 0 Å². The zero-order valence-corrected chi connectivity index (χ0v) is 8.18. The van der Waals surface area contributed by atoms with E-state index in [-0.39, 0.29) is 0 Å². The van der Waals surface area contributed by atoms with Crippen LogP contribution in [0.1, 0.15) is 0 Å². The van der Waals surface area contributed by atoms with Gasteiger partial charge in [-0.1, -0.05) is 0 Å². The van der Waals surface area contributed by atoms with E-state index < -0.39 is 0 Å². The van der Waals surface area contributed by atoms with Gasteiger partial charge in [-0.3, -0.25) is 0 Å². The fourth-order valence-electron chi connectivity index (χ4n) is 0. The van der Waals surface area contributed by atoms with Gasteiger partial charge in [-0.05, 0) is 0 Å². The van der Waals surface area contributed by atoms with E-state index in [2.05, 4.69) is 28.2 Å². The minimum atomic E-state index is 1.43. The van der Waals surface area contributed by atoms with Gasteiger partial charge in [0.05, 0.1) is 0 Å². The molecule has 0 radical (unpaired) electrons. The Labute approximate surface area is 68.8 Å². The Morgan fingerprint density at radius 2 is 1.67 bits per heavy atom. The third-order valence-electron chi connectivity index (χ3n) is 0. The molecule has 0 unspecified atom stereocenters. The molecule has 38 valence electrons. The molecule has 0 aromatic carbocycles. The summed E-state index contributed by atoms with van der Waals surface area (Å²) < 4.78 is 1.75. The van der Waals surface area contributed by atoms with Crippen molar-refractivity contribution in [2.75, 3.05) is 0 Å². The number of nitriles is 1. The van der Waals surface area contributed by atoms with Crippen LogP contribution in [0.15, 0.2) is 0 Å². The summed E-state index contributed by atoms with van der Waals surface area (Å²) in [6.45, 7) is 0. The maximum atomic E-state index is 7.32. The predicted octanol–water partition coefficient (Wildman–Crippen LogP) is 1.70. The molecule has 0 atom stereocenters. The van der Waals surface area contributed by atoms with E-state index in [9.17, 15) is 0 Å². The first-order chi connectivity index (χ1) is 2.83. The van der Waals surface area contributed by atoms with Gasteiger partial charge in [0.1, 0.15) is 0 Å². The average molecular weight is 297 g/mol. The van der Waals surface area contributed by atoms with Crippen molar-refractivity contribution in [3.63, 3.8) is 0 Å². The van der Waals surface area contributed by atoms with Gasteiger partial charge in [0.25, 0.3) is 0 Å². The first-order valence-electron chi connectivity index (χ1n) is 0.702. The molecule has 0 rings (SSSR count). The predicted molar refractivity (Wildman–Crippen MR) is 23.5 cm³/mol. The van der Waals surface area contributed by atoms with Gasteiger partial charge in [-0.25, -0.2) is 0 Å². The molecule has 0 fully saturated rings. The van der Waals surface area contributed by atoms with Crippen molar-refractivity contribution in [2.24, 2.45) is 0 Å². The molecule has 0 aromatic heterocycles. The van der Waals surface area contributed by atoms with Crippen LogP contribution >= 0.6 is 28.2 Å². The molecule has 0 spiro atoms. The van der Waals surface area contributed by atoms with Crippen LogP contribution in [-0.2, 0) is 31.8 Å². The van der Waals surface area contributed by atoms with E-state index in [1.807, 2.05) is 0 Å². The first kappa shape index (κ1) is 10.6. The van der Waals surface area contributed by atoms with Crippen LogP contribution in [0.2, 0.25) is 0 Å². The van der Waals surface area contributed by atoms with Crippen molar-refractivity contribution in [3.05, 3.63) is 0 Å². The molecule has 5 heteroatoms. The van der Waals surface area contributed by atoms with Crippen LogP contribution in [0.25, 0.3) is 0 Å².